The number of nitrogen functional groups attached to an aromatic ring is 1. The number of carbonyl (C=O) groups excluding carboxylic acids is 1. The molecule has 0 atom stereocenters. The quantitative estimate of drug-likeness (QED) is 0.459. The van der Waals surface area contributed by atoms with Crippen LogP contribution in [0, 0.1) is 19.3 Å². The Labute approximate surface area is 102 Å². The number of benzene rings is 1. The number of nitrogens with two attached hydrogens (primary N) is 1. The Bertz CT molecular complexity index is 490. The van der Waals surface area contributed by atoms with Gasteiger partial charge in [-0.25, -0.2) is 4.79 Å². The molecule has 0 unspecified atom stereocenters. The van der Waals surface area contributed by atoms with Crippen molar-refractivity contribution >= 4 is 11.7 Å². The third-order valence-electron chi connectivity index (χ3n) is 2.20. The first-order valence-corrected chi connectivity index (χ1v) is 5.34. The van der Waals surface area contributed by atoms with E-state index in [1.54, 1.807) is 19.1 Å². The number of carbonyl (C=O) groups is 1. The van der Waals surface area contributed by atoms with Gasteiger partial charge in [-0.05, 0) is 45.4 Å². The molecule has 0 saturated heterocycles. The summed E-state index contributed by atoms with van der Waals surface area (Å²) in [6.07, 6.45) is 5.36. The van der Waals surface area contributed by atoms with Crippen molar-refractivity contribution in [2.75, 3.05) is 5.73 Å². The molecule has 1 rings (SSSR count). The van der Waals surface area contributed by atoms with Crippen LogP contribution in [0.25, 0.3) is 0 Å². The van der Waals surface area contributed by atoms with Crippen molar-refractivity contribution in [1.82, 2.24) is 0 Å². The van der Waals surface area contributed by atoms with Gasteiger partial charge in [-0.1, -0.05) is 5.92 Å². The SMILES string of the molecule is C#Cc1cc(N)cc(C(=O)OC(C)(C)C)c1C. The van der Waals surface area contributed by atoms with E-state index in [0.29, 0.717) is 16.8 Å². The van der Waals surface area contributed by atoms with Crippen LogP contribution in [0.3, 0.4) is 0 Å². The largest absolute Gasteiger partial charge is 0.456 e. The van der Waals surface area contributed by atoms with Crippen LogP contribution in [-0.2, 0) is 4.74 Å². The van der Waals surface area contributed by atoms with Gasteiger partial charge in [0.2, 0.25) is 0 Å². The predicted octanol–water partition coefficient (Wildman–Crippen LogP) is 2.51. The van der Waals surface area contributed by atoms with Crippen molar-refractivity contribution in [3.8, 4) is 12.3 Å². The summed E-state index contributed by atoms with van der Waals surface area (Å²) in [6, 6.07) is 3.26. The first-order valence-electron chi connectivity index (χ1n) is 5.34. The summed E-state index contributed by atoms with van der Waals surface area (Å²) < 4.78 is 5.30. The van der Waals surface area contributed by atoms with Gasteiger partial charge < -0.3 is 10.5 Å². The molecule has 0 aromatic heterocycles. The lowest BCUT2D eigenvalue weighted by Gasteiger charge is -2.20. The first kappa shape index (κ1) is 13.1. The molecule has 0 bridgehead atoms. The van der Waals surface area contributed by atoms with Crippen molar-refractivity contribution in [3.05, 3.63) is 28.8 Å². The van der Waals surface area contributed by atoms with Crippen molar-refractivity contribution < 1.29 is 9.53 Å². The molecule has 0 aliphatic carbocycles. The van der Waals surface area contributed by atoms with Crippen LogP contribution in [0.2, 0.25) is 0 Å². The third kappa shape index (κ3) is 3.25. The van der Waals surface area contributed by atoms with Crippen LogP contribution in [-0.4, -0.2) is 11.6 Å². The summed E-state index contributed by atoms with van der Waals surface area (Å²) >= 11 is 0. The van der Waals surface area contributed by atoms with Gasteiger partial charge in [-0.15, -0.1) is 6.42 Å². The molecule has 0 amide bonds. The molecule has 0 heterocycles. The smallest absolute Gasteiger partial charge is 0.339 e. The Balaban J connectivity index is 3.19. The van der Waals surface area contributed by atoms with E-state index in [2.05, 4.69) is 5.92 Å². The zero-order chi connectivity index (χ0) is 13.2. The maximum Gasteiger partial charge on any atom is 0.339 e. The van der Waals surface area contributed by atoms with E-state index in [9.17, 15) is 4.79 Å². The lowest BCUT2D eigenvalue weighted by molar-refractivity contribution is 0.00688. The summed E-state index contributed by atoms with van der Waals surface area (Å²) in [6.45, 7) is 7.23. The highest BCUT2D eigenvalue weighted by molar-refractivity contribution is 5.93. The average Bonchev–Trinajstić information content (AvgIpc) is 2.18. The number of hydrogen-bond donors (Lipinski definition) is 1. The number of hydrogen-bond acceptors (Lipinski definition) is 3. The highest BCUT2D eigenvalue weighted by Crippen LogP contribution is 2.21. The fraction of sp³-hybridized carbons (Fsp3) is 0.357. The normalized spacial score (nSPS) is 10.8. The van der Waals surface area contributed by atoms with Crippen molar-refractivity contribution in [2.45, 2.75) is 33.3 Å². The molecule has 0 aliphatic rings. The van der Waals surface area contributed by atoms with Crippen LogP contribution in [0.4, 0.5) is 5.69 Å². The summed E-state index contributed by atoms with van der Waals surface area (Å²) in [5, 5.41) is 0. The molecule has 0 radical (unpaired) electrons. The van der Waals surface area contributed by atoms with E-state index in [0.717, 1.165) is 5.56 Å². The second-order valence-electron chi connectivity index (χ2n) is 4.89. The van der Waals surface area contributed by atoms with Gasteiger partial charge in [-0.3, -0.25) is 0 Å². The van der Waals surface area contributed by atoms with Crippen molar-refractivity contribution in [1.29, 1.82) is 0 Å². The highest BCUT2D eigenvalue weighted by Gasteiger charge is 2.20. The molecule has 0 spiro atoms. The highest BCUT2D eigenvalue weighted by atomic mass is 16.6. The van der Waals surface area contributed by atoms with E-state index < -0.39 is 11.6 Å². The standard InChI is InChI=1S/C14H17NO2/c1-6-10-7-11(15)8-12(9(10)2)13(16)17-14(3,4)5/h1,7-8H,15H2,2-5H3. The third-order valence-corrected chi connectivity index (χ3v) is 2.20. The van der Waals surface area contributed by atoms with Gasteiger partial charge >= 0.3 is 5.97 Å². The molecular formula is C14H17NO2. The predicted molar refractivity (Wildman–Crippen MR) is 68.7 cm³/mol. The molecule has 0 aliphatic heterocycles. The Kier molecular flexibility index (Phi) is 3.47. The molecule has 90 valence electrons. The van der Waals surface area contributed by atoms with E-state index in [-0.39, 0.29) is 0 Å². The van der Waals surface area contributed by atoms with Gasteiger partial charge in [-0.2, -0.15) is 0 Å². The first-order chi connectivity index (χ1) is 7.74. The van der Waals surface area contributed by atoms with Crippen LogP contribution in [0.1, 0.15) is 42.3 Å². The van der Waals surface area contributed by atoms with Gasteiger partial charge in [0, 0.05) is 11.3 Å². The molecule has 1 aromatic carbocycles. The van der Waals surface area contributed by atoms with E-state index in [1.807, 2.05) is 20.8 Å². The minimum atomic E-state index is -0.537. The van der Waals surface area contributed by atoms with Gasteiger partial charge in [0.05, 0.1) is 5.56 Å². The Morgan fingerprint density at radius 1 is 1.41 bits per heavy atom. The number of anilines is 1. The lowest BCUT2D eigenvalue weighted by Crippen LogP contribution is -2.24. The molecule has 0 fully saturated rings. The summed E-state index contributed by atoms with van der Waals surface area (Å²) in [7, 11) is 0. The van der Waals surface area contributed by atoms with Crippen LogP contribution in [0.15, 0.2) is 12.1 Å². The molecular weight excluding hydrogens is 214 g/mol. The number of terminal acetylenes is 1. The average molecular weight is 231 g/mol. The molecule has 0 saturated carbocycles. The van der Waals surface area contributed by atoms with Gasteiger partial charge in [0.15, 0.2) is 0 Å². The molecule has 1 aromatic rings. The van der Waals surface area contributed by atoms with Crippen molar-refractivity contribution in [3.63, 3.8) is 0 Å². The molecule has 3 nitrogen and oxygen atoms in total. The molecule has 3 heteroatoms. The Morgan fingerprint density at radius 3 is 2.47 bits per heavy atom. The number of ether oxygens (including phenoxy) is 1. The number of rotatable bonds is 1. The van der Waals surface area contributed by atoms with Crippen molar-refractivity contribution in [2.24, 2.45) is 0 Å². The van der Waals surface area contributed by atoms with Crippen LogP contribution in [0.5, 0.6) is 0 Å². The minimum absolute atomic E-state index is 0.404. The fourth-order valence-corrected chi connectivity index (χ4v) is 1.43. The Hall–Kier alpha value is -1.95. The van der Waals surface area contributed by atoms with E-state index in [4.69, 9.17) is 16.9 Å². The fourth-order valence-electron chi connectivity index (χ4n) is 1.43. The zero-order valence-corrected chi connectivity index (χ0v) is 10.6. The van der Waals surface area contributed by atoms with Gasteiger partial charge in [0.25, 0.3) is 0 Å². The minimum Gasteiger partial charge on any atom is -0.456 e. The van der Waals surface area contributed by atoms with E-state index >= 15 is 0 Å². The summed E-state index contributed by atoms with van der Waals surface area (Å²) in [4.78, 5) is 12.0. The monoisotopic (exact) mass is 231 g/mol. The second-order valence-corrected chi connectivity index (χ2v) is 4.89. The molecule has 2 N–H and O–H groups in total. The second kappa shape index (κ2) is 4.50. The zero-order valence-electron chi connectivity index (χ0n) is 10.6. The number of esters is 1. The lowest BCUT2D eigenvalue weighted by atomic mass is 10.0. The van der Waals surface area contributed by atoms with Crippen LogP contribution < -0.4 is 5.73 Å². The summed E-state index contributed by atoms with van der Waals surface area (Å²) in [5.41, 5.74) is 7.39. The van der Waals surface area contributed by atoms with E-state index in [1.165, 1.54) is 0 Å². The Morgan fingerprint density at radius 2 is 2.00 bits per heavy atom. The van der Waals surface area contributed by atoms with Crippen LogP contribution >= 0.6 is 0 Å². The van der Waals surface area contributed by atoms with Gasteiger partial charge in [0.1, 0.15) is 5.60 Å². The maximum atomic E-state index is 12.0. The maximum absolute atomic E-state index is 12.0. The summed E-state index contributed by atoms with van der Waals surface area (Å²) in [5.74, 6) is 2.10. The topological polar surface area (TPSA) is 52.3 Å². The molecule has 17 heavy (non-hydrogen) atoms.